The molecule has 0 aliphatic rings. The van der Waals surface area contributed by atoms with Crippen molar-refractivity contribution in [1.82, 2.24) is 4.98 Å². The van der Waals surface area contributed by atoms with E-state index in [2.05, 4.69) is 4.98 Å². The lowest BCUT2D eigenvalue weighted by Gasteiger charge is -2.08. The Morgan fingerprint density at radius 1 is 1.08 bits per heavy atom. The Morgan fingerprint density at radius 3 is 2.62 bits per heavy atom. The van der Waals surface area contributed by atoms with Gasteiger partial charge >= 0.3 is 12.1 Å². The lowest BCUT2D eigenvalue weighted by molar-refractivity contribution is -0.167. The number of carbonyl (C=O) groups is 1. The number of nitrogens with zero attached hydrogens (tertiary/aromatic N) is 1. The Kier molecular flexibility index (Phi) is 4.07. The first-order chi connectivity index (χ1) is 11.4. The number of nitrogens with one attached hydrogen (secondary N) is 1. The van der Waals surface area contributed by atoms with Gasteiger partial charge in [0.2, 0.25) is 5.89 Å². The van der Waals surface area contributed by atoms with Crippen LogP contribution >= 0.6 is 0 Å². The molecule has 0 atom stereocenters. The number of fused-ring (bicyclic) bond motifs is 1. The molecule has 0 unspecified atom stereocenters. The molecule has 24 heavy (non-hydrogen) atoms. The van der Waals surface area contributed by atoms with E-state index in [1.807, 2.05) is 18.2 Å². The summed E-state index contributed by atoms with van der Waals surface area (Å²) >= 11 is 0. The van der Waals surface area contributed by atoms with Crippen molar-refractivity contribution < 1.29 is 22.4 Å². The van der Waals surface area contributed by atoms with Gasteiger partial charge in [-0.25, -0.2) is 4.98 Å². The van der Waals surface area contributed by atoms with Gasteiger partial charge in [0.1, 0.15) is 5.52 Å². The topological polar surface area (TPSA) is 55.1 Å². The molecule has 1 amide bonds. The number of para-hydroxylation sites is 2. The van der Waals surface area contributed by atoms with Crippen LogP contribution in [0.25, 0.3) is 23.3 Å². The minimum Gasteiger partial charge on any atom is -0.437 e. The van der Waals surface area contributed by atoms with Crippen molar-refractivity contribution in [1.29, 1.82) is 0 Å². The van der Waals surface area contributed by atoms with Crippen LogP contribution in [0.2, 0.25) is 0 Å². The molecule has 1 aromatic heterocycles. The molecule has 4 nitrogen and oxygen atoms in total. The number of alkyl halides is 3. The van der Waals surface area contributed by atoms with Gasteiger partial charge < -0.3 is 9.73 Å². The van der Waals surface area contributed by atoms with Crippen LogP contribution in [0.3, 0.4) is 0 Å². The van der Waals surface area contributed by atoms with E-state index in [4.69, 9.17) is 4.42 Å². The SMILES string of the molecule is O=C(Nc1cccc(/C=C/c2nc3ccccc3o2)c1)C(F)(F)F. The molecule has 3 rings (SSSR count). The van der Waals surface area contributed by atoms with Gasteiger partial charge in [0, 0.05) is 11.8 Å². The fourth-order valence-corrected chi connectivity index (χ4v) is 2.05. The predicted octanol–water partition coefficient (Wildman–Crippen LogP) is 4.50. The fourth-order valence-electron chi connectivity index (χ4n) is 2.05. The normalized spacial score (nSPS) is 12.0. The maximum atomic E-state index is 12.3. The Morgan fingerprint density at radius 2 is 1.88 bits per heavy atom. The van der Waals surface area contributed by atoms with Crippen LogP contribution in [0.5, 0.6) is 0 Å². The molecule has 1 heterocycles. The predicted molar refractivity (Wildman–Crippen MR) is 84.1 cm³/mol. The smallest absolute Gasteiger partial charge is 0.437 e. The van der Waals surface area contributed by atoms with E-state index < -0.39 is 12.1 Å². The molecule has 122 valence electrons. The minimum atomic E-state index is -4.93. The van der Waals surface area contributed by atoms with Crippen molar-refractivity contribution in [2.45, 2.75) is 6.18 Å². The van der Waals surface area contributed by atoms with Gasteiger partial charge in [0.25, 0.3) is 0 Å². The van der Waals surface area contributed by atoms with E-state index >= 15 is 0 Å². The standard InChI is InChI=1S/C17H11F3N2O2/c18-17(19,20)16(23)21-12-5-3-4-11(10-12)8-9-15-22-13-6-1-2-7-14(13)24-15/h1-10H,(H,21,23)/b9-8+. The number of halogens is 3. The van der Waals surface area contributed by atoms with E-state index in [1.54, 1.807) is 29.6 Å². The summed E-state index contributed by atoms with van der Waals surface area (Å²) < 4.78 is 42.3. The van der Waals surface area contributed by atoms with Gasteiger partial charge in [0.05, 0.1) is 0 Å². The Hall–Kier alpha value is -3.09. The molecular formula is C17H11F3N2O2. The highest BCUT2D eigenvalue weighted by atomic mass is 19.4. The minimum absolute atomic E-state index is 0.0528. The summed E-state index contributed by atoms with van der Waals surface area (Å²) in [6.45, 7) is 0. The fraction of sp³-hybridized carbons (Fsp3) is 0.0588. The molecule has 7 heteroatoms. The third-order valence-corrected chi connectivity index (χ3v) is 3.13. The van der Waals surface area contributed by atoms with E-state index in [-0.39, 0.29) is 5.69 Å². The molecule has 3 aromatic rings. The van der Waals surface area contributed by atoms with E-state index in [1.165, 1.54) is 18.2 Å². The zero-order valence-corrected chi connectivity index (χ0v) is 12.2. The lowest BCUT2D eigenvalue weighted by atomic mass is 10.2. The largest absolute Gasteiger partial charge is 0.471 e. The maximum Gasteiger partial charge on any atom is 0.471 e. The lowest BCUT2D eigenvalue weighted by Crippen LogP contribution is -2.29. The zero-order valence-electron chi connectivity index (χ0n) is 12.2. The summed E-state index contributed by atoms with van der Waals surface area (Å²) in [6, 6.07) is 13.3. The summed E-state index contributed by atoms with van der Waals surface area (Å²) in [4.78, 5) is 15.2. The van der Waals surface area contributed by atoms with Gasteiger partial charge in [0.15, 0.2) is 5.58 Å². The Labute approximate surface area is 134 Å². The molecular weight excluding hydrogens is 321 g/mol. The van der Waals surface area contributed by atoms with Gasteiger partial charge in [-0.3, -0.25) is 4.79 Å². The van der Waals surface area contributed by atoms with Crippen molar-refractivity contribution >= 4 is 34.8 Å². The second kappa shape index (κ2) is 6.19. The average molecular weight is 332 g/mol. The summed E-state index contributed by atoms with van der Waals surface area (Å²) in [5.41, 5.74) is 2.00. The third kappa shape index (κ3) is 3.62. The molecule has 0 radical (unpaired) electrons. The summed E-state index contributed by atoms with van der Waals surface area (Å²) in [6.07, 6.45) is -1.69. The number of hydrogen-bond donors (Lipinski definition) is 1. The summed E-state index contributed by atoms with van der Waals surface area (Å²) in [5, 5.41) is 1.81. The van der Waals surface area contributed by atoms with Gasteiger partial charge in [-0.2, -0.15) is 13.2 Å². The van der Waals surface area contributed by atoms with Crippen LogP contribution in [0.4, 0.5) is 18.9 Å². The highest BCUT2D eigenvalue weighted by Crippen LogP contribution is 2.20. The summed E-state index contributed by atoms with van der Waals surface area (Å²) in [7, 11) is 0. The van der Waals surface area contributed by atoms with Crippen LogP contribution in [0.15, 0.2) is 52.9 Å². The van der Waals surface area contributed by atoms with Crippen molar-refractivity contribution in [3.05, 3.63) is 60.0 Å². The van der Waals surface area contributed by atoms with Crippen molar-refractivity contribution in [3.63, 3.8) is 0 Å². The second-order valence-electron chi connectivity index (χ2n) is 4.93. The van der Waals surface area contributed by atoms with Crippen LogP contribution in [-0.4, -0.2) is 17.1 Å². The zero-order chi connectivity index (χ0) is 17.2. The monoisotopic (exact) mass is 332 g/mol. The van der Waals surface area contributed by atoms with Crippen molar-refractivity contribution in [3.8, 4) is 0 Å². The number of aromatic nitrogens is 1. The molecule has 2 aromatic carbocycles. The molecule has 0 fully saturated rings. The number of hydrogen-bond acceptors (Lipinski definition) is 3. The molecule has 0 aliphatic carbocycles. The van der Waals surface area contributed by atoms with E-state index in [0.717, 1.165) is 0 Å². The van der Waals surface area contributed by atoms with E-state index in [0.29, 0.717) is 22.6 Å². The molecule has 0 saturated heterocycles. The molecule has 0 saturated carbocycles. The molecule has 1 N–H and O–H groups in total. The number of anilines is 1. The van der Waals surface area contributed by atoms with Gasteiger partial charge in [-0.05, 0) is 35.9 Å². The highest BCUT2D eigenvalue weighted by Gasteiger charge is 2.38. The van der Waals surface area contributed by atoms with Crippen LogP contribution < -0.4 is 5.32 Å². The Bertz CT molecular complexity index is 880. The second-order valence-corrected chi connectivity index (χ2v) is 4.93. The number of rotatable bonds is 3. The number of amides is 1. The molecule has 0 bridgehead atoms. The summed E-state index contributed by atoms with van der Waals surface area (Å²) in [5.74, 6) is -1.64. The Balaban J connectivity index is 1.77. The first-order valence-electron chi connectivity index (χ1n) is 6.94. The third-order valence-electron chi connectivity index (χ3n) is 3.13. The molecule has 0 aliphatic heterocycles. The average Bonchev–Trinajstić information content (AvgIpc) is 2.95. The quantitative estimate of drug-likeness (QED) is 0.768. The first kappa shape index (κ1) is 15.8. The van der Waals surface area contributed by atoms with Crippen LogP contribution in [0, 0.1) is 0 Å². The number of benzene rings is 2. The van der Waals surface area contributed by atoms with Crippen LogP contribution in [-0.2, 0) is 4.79 Å². The van der Waals surface area contributed by atoms with Gasteiger partial charge in [-0.1, -0.05) is 24.3 Å². The maximum absolute atomic E-state index is 12.3. The molecule has 0 spiro atoms. The van der Waals surface area contributed by atoms with Crippen molar-refractivity contribution in [2.24, 2.45) is 0 Å². The highest BCUT2D eigenvalue weighted by molar-refractivity contribution is 5.95. The van der Waals surface area contributed by atoms with E-state index in [9.17, 15) is 18.0 Å². The first-order valence-corrected chi connectivity index (χ1v) is 6.94. The van der Waals surface area contributed by atoms with Crippen LogP contribution in [0.1, 0.15) is 11.5 Å². The number of oxazole rings is 1. The van der Waals surface area contributed by atoms with Crippen molar-refractivity contribution in [2.75, 3.05) is 5.32 Å². The number of carbonyl (C=O) groups excluding carboxylic acids is 1. The van der Waals surface area contributed by atoms with Gasteiger partial charge in [-0.15, -0.1) is 0 Å².